The molecule has 0 saturated carbocycles. The van der Waals surface area contributed by atoms with Gasteiger partial charge in [0.25, 0.3) is 15.7 Å². The Bertz CT molecular complexity index is 1040. The highest BCUT2D eigenvalue weighted by atomic mass is 35.5. The van der Waals surface area contributed by atoms with E-state index in [-0.39, 0.29) is 17.1 Å². The van der Waals surface area contributed by atoms with E-state index in [0.29, 0.717) is 16.3 Å². The van der Waals surface area contributed by atoms with Gasteiger partial charge in [-0.15, -0.1) is 0 Å². The van der Waals surface area contributed by atoms with Gasteiger partial charge < -0.3 is 0 Å². The van der Waals surface area contributed by atoms with Crippen LogP contribution in [-0.2, 0) is 16.6 Å². The van der Waals surface area contributed by atoms with E-state index in [2.05, 4.69) is 4.98 Å². The zero-order valence-corrected chi connectivity index (χ0v) is 15.5. The molecule has 0 aliphatic heterocycles. The van der Waals surface area contributed by atoms with Gasteiger partial charge in [-0.25, -0.2) is 8.42 Å². The van der Waals surface area contributed by atoms with Crippen molar-refractivity contribution in [2.45, 2.75) is 11.4 Å². The van der Waals surface area contributed by atoms with Crippen LogP contribution < -0.4 is 4.31 Å². The summed E-state index contributed by atoms with van der Waals surface area (Å²) in [5.41, 5.74) is 0.929. The smallest absolute Gasteiger partial charge is 0.264 e. The highest BCUT2D eigenvalue weighted by Crippen LogP contribution is 2.28. The van der Waals surface area contributed by atoms with Gasteiger partial charge in [0.1, 0.15) is 0 Å². The van der Waals surface area contributed by atoms with Crippen LogP contribution in [-0.4, -0.2) is 18.3 Å². The zero-order chi connectivity index (χ0) is 19.4. The van der Waals surface area contributed by atoms with Crippen molar-refractivity contribution < 1.29 is 13.3 Å². The van der Waals surface area contributed by atoms with Crippen molar-refractivity contribution in [3.8, 4) is 0 Å². The summed E-state index contributed by atoms with van der Waals surface area (Å²) in [6.07, 6.45) is 3.18. The third kappa shape index (κ3) is 4.24. The number of nitro groups is 1. The van der Waals surface area contributed by atoms with Gasteiger partial charge in [0.2, 0.25) is 0 Å². The second-order valence-electron chi connectivity index (χ2n) is 5.60. The van der Waals surface area contributed by atoms with Crippen LogP contribution in [0.25, 0.3) is 0 Å². The summed E-state index contributed by atoms with van der Waals surface area (Å²) in [4.78, 5) is 14.2. The molecule has 2 aromatic carbocycles. The van der Waals surface area contributed by atoms with Gasteiger partial charge in [-0.2, -0.15) is 0 Å². The number of aromatic nitrogens is 1. The van der Waals surface area contributed by atoms with Crippen molar-refractivity contribution in [1.82, 2.24) is 4.98 Å². The first-order chi connectivity index (χ1) is 12.9. The molecule has 0 fully saturated rings. The fourth-order valence-corrected chi connectivity index (χ4v) is 4.03. The predicted octanol–water partition coefficient (Wildman–Crippen LogP) is 4.04. The van der Waals surface area contributed by atoms with E-state index in [9.17, 15) is 18.5 Å². The second kappa shape index (κ2) is 7.73. The first-order valence-electron chi connectivity index (χ1n) is 7.79. The Labute approximate surface area is 161 Å². The first kappa shape index (κ1) is 18.8. The molecule has 0 aliphatic carbocycles. The van der Waals surface area contributed by atoms with Crippen LogP contribution in [0.5, 0.6) is 0 Å². The standard InChI is InChI=1S/C18H14ClN3O4S/c19-15-3-5-16(6-4-15)21(13-14-2-1-11-20-12-14)27(25,26)18-9-7-17(8-10-18)22(23)24/h1-12H,13H2. The van der Waals surface area contributed by atoms with Gasteiger partial charge in [0.05, 0.1) is 22.1 Å². The largest absolute Gasteiger partial charge is 0.269 e. The minimum absolute atomic E-state index is 0.0491. The van der Waals surface area contributed by atoms with Crippen molar-refractivity contribution >= 4 is 33.0 Å². The molecule has 1 aromatic heterocycles. The molecule has 9 heteroatoms. The van der Waals surface area contributed by atoms with Crippen molar-refractivity contribution in [2.24, 2.45) is 0 Å². The van der Waals surface area contributed by atoms with Crippen LogP contribution in [0.4, 0.5) is 11.4 Å². The molecule has 0 saturated heterocycles. The van der Waals surface area contributed by atoms with Crippen molar-refractivity contribution in [1.29, 1.82) is 0 Å². The fourth-order valence-electron chi connectivity index (χ4n) is 2.45. The molecular weight excluding hydrogens is 390 g/mol. The lowest BCUT2D eigenvalue weighted by Crippen LogP contribution is -2.30. The Morgan fingerprint density at radius 2 is 1.70 bits per heavy atom. The van der Waals surface area contributed by atoms with Crippen molar-refractivity contribution in [3.05, 3.63) is 93.8 Å². The van der Waals surface area contributed by atoms with E-state index in [1.54, 1.807) is 48.8 Å². The molecule has 3 aromatic rings. The molecular formula is C18H14ClN3O4S. The summed E-state index contributed by atoms with van der Waals surface area (Å²) >= 11 is 5.91. The number of non-ortho nitro benzene ring substituents is 1. The fraction of sp³-hybridized carbons (Fsp3) is 0.0556. The normalized spacial score (nSPS) is 11.1. The number of anilines is 1. The molecule has 0 amide bonds. The van der Waals surface area contributed by atoms with Crippen LogP contribution in [0.3, 0.4) is 0 Å². The monoisotopic (exact) mass is 403 g/mol. The Balaban J connectivity index is 2.04. The lowest BCUT2D eigenvalue weighted by molar-refractivity contribution is -0.384. The molecule has 0 aliphatic rings. The van der Waals surface area contributed by atoms with E-state index < -0.39 is 14.9 Å². The number of benzene rings is 2. The maximum Gasteiger partial charge on any atom is 0.269 e. The zero-order valence-electron chi connectivity index (χ0n) is 13.9. The number of pyridine rings is 1. The number of sulfonamides is 1. The Morgan fingerprint density at radius 3 is 2.26 bits per heavy atom. The molecule has 0 spiro atoms. The average Bonchev–Trinajstić information content (AvgIpc) is 2.68. The topological polar surface area (TPSA) is 93.4 Å². The number of nitrogens with zero attached hydrogens (tertiary/aromatic N) is 3. The molecule has 138 valence electrons. The Kier molecular flexibility index (Phi) is 5.38. The second-order valence-corrected chi connectivity index (χ2v) is 7.90. The van der Waals surface area contributed by atoms with Crippen molar-refractivity contribution in [2.75, 3.05) is 4.31 Å². The van der Waals surface area contributed by atoms with E-state index >= 15 is 0 Å². The average molecular weight is 404 g/mol. The van der Waals surface area contributed by atoms with Crippen molar-refractivity contribution in [3.63, 3.8) is 0 Å². The van der Waals surface area contributed by atoms with Crippen LogP contribution in [0, 0.1) is 10.1 Å². The quantitative estimate of drug-likeness (QED) is 0.457. The number of hydrogen-bond acceptors (Lipinski definition) is 5. The molecule has 0 radical (unpaired) electrons. The predicted molar refractivity (Wildman–Crippen MR) is 102 cm³/mol. The molecule has 0 N–H and O–H groups in total. The van der Waals surface area contributed by atoms with Gasteiger partial charge in [-0.3, -0.25) is 19.4 Å². The summed E-state index contributed by atoms with van der Waals surface area (Å²) < 4.78 is 27.6. The minimum atomic E-state index is -3.97. The third-order valence-corrected chi connectivity index (χ3v) is 5.84. The molecule has 7 nitrogen and oxygen atoms in total. The SMILES string of the molecule is O=[N+]([O-])c1ccc(S(=O)(=O)N(Cc2cccnc2)c2ccc(Cl)cc2)cc1. The summed E-state index contributed by atoms with van der Waals surface area (Å²) in [6.45, 7) is 0.0504. The van der Waals surface area contributed by atoms with Gasteiger partial charge >= 0.3 is 0 Å². The molecule has 3 rings (SSSR count). The number of rotatable bonds is 6. The Hall–Kier alpha value is -2.97. The maximum absolute atomic E-state index is 13.2. The lowest BCUT2D eigenvalue weighted by Gasteiger charge is -2.24. The highest BCUT2D eigenvalue weighted by molar-refractivity contribution is 7.92. The van der Waals surface area contributed by atoms with E-state index in [0.717, 1.165) is 12.1 Å². The summed E-state index contributed by atoms with van der Waals surface area (Å²) in [7, 11) is -3.97. The van der Waals surface area contributed by atoms with E-state index in [1.807, 2.05) is 0 Å². The highest BCUT2D eigenvalue weighted by Gasteiger charge is 2.26. The summed E-state index contributed by atoms with van der Waals surface area (Å²) in [5, 5.41) is 11.3. The summed E-state index contributed by atoms with van der Waals surface area (Å²) in [5.74, 6) is 0. The van der Waals surface area contributed by atoms with Crippen LogP contribution >= 0.6 is 11.6 Å². The van der Waals surface area contributed by atoms with Crippen LogP contribution in [0.2, 0.25) is 5.02 Å². The lowest BCUT2D eigenvalue weighted by atomic mass is 10.2. The molecule has 27 heavy (non-hydrogen) atoms. The third-order valence-electron chi connectivity index (χ3n) is 3.80. The maximum atomic E-state index is 13.2. The Morgan fingerprint density at radius 1 is 1.04 bits per heavy atom. The minimum Gasteiger partial charge on any atom is -0.264 e. The first-order valence-corrected chi connectivity index (χ1v) is 9.61. The van der Waals surface area contributed by atoms with Crippen LogP contribution in [0.15, 0.2) is 78.0 Å². The number of halogens is 1. The van der Waals surface area contributed by atoms with Crippen LogP contribution in [0.1, 0.15) is 5.56 Å². The van der Waals surface area contributed by atoms with Gasteiger partial charge in [-0.05, 0) is 48.0 Å². The molecule has 0 unspecified atom stereocenters. The number of nitro benzene ring substituents is 1. The summed E-state index contributed by atoms with van der Waals surface area (Å²) in [6, 6.07) is 14.6. The van der Waals surface area contributed by atoms with E-state index in [1.165, 1.54) is 16.4 Å². The van der Waals surface area contributed by atoms with E-state index in [4.69, 9.17) is 11.6 Å². The molecule has 0 atom stereocenters. The molecule has 1 heterocycles. The van der Waals surface area contributed by atoms with Gasteiger partial charge in [-0.1, -0.05) is 17.7 Å². The van der Waals surface area contributed by atoms with Gasteiger partial charge in [0, 0.05) is 29.5 Å². The molecule has 0 bridgehead atoms. The number of hydrogen-bond donors (Lipinski definition) is 0. The van der Waals surface area contributed by atoms with Gasteiger partial charge in [0.15, 0.2) is 0 Å².